The summed E-state index contributed by atoms with van der Waals surface area (Å²) in [6, 6.07) is 18.6. The molecule has 0 radical (unpaired) electrons. The van der Waals surface area contributed by atoms with E-state index >= 15 is 0 Å². The number of nitrogens with two attached hydrogens (primary N) is 1. The Bertz CT molecular complexity index is 1170. The van der Waals surface area contributed by atoms with Gasteiger partial charge in [0.25, 0.3) is 0 Å². The molecule has 1 heterocycles. The van der Waals surface area contributed by atoms with Crippen molar-refractivity contribution in [1.82, 2.24) is 10.5 Å². The lowest BCUT2D eigenvalue weighted by molar-refractivity contribution is -0.138. The zero-order valence-corrected chi connectivity index (χ0v) is 19.1. The Morgan fingerprint density at radius 2 is 1.54 bits per heavy atom. The normalized spacial score (nSPS) is 11.5. The zero-order chi connectivity index (χ0) is 25.2. The van der Waals surface area contributed by atoms with Crippen molar-refractivity contribution in [3.63, 3.8) is 0 Å². The van der Waals surface area contributed by atoms with E-state index in [1.807, 2.05) is 54.6 Å². The third kappa shape index (κ3) is 7.92. The molecule has 9 nitrogen and oxygen atoms in total. The summed E-state index contributed by atoms with van der Waals surface area (Å²) in [4.78, 5) is 46.5. The highest BCUT2D eigenvalue weighted by molar-refractivity contribution is 5.91. The second-order valence-corrected chi connectivity index (χ2v) is 8.11. The highest BCUT2D eigenvalue weighted by atomic mass is 16.5. The maximum absolute atomic E-state index is 12.4. The monoisotopic (exact) mass is 477 g/mol. The molecule has 0 saturated carbocycles. The van der Waals surface area contributed by atoms with Crippen molar-refractivity contribution >= 4 is 23.6 Å². The number of carbonyl (C=O) groups excluding carboxylic acids is 3. The van der Waals surface area contributed by atoms with Gasteiger partial charge in [-0.25, -0.2) is 0 Å². The number of carbonyl (C=O) groups is 4. The van der Waals surface area contributed by atoms with Crippen LogP contribution in [0.4, 0.5) is 0 Å². The van der Waals surface area contributed by atoms with Crippen molar-refractivity contribution in [3.8, 4) is 22.4 Å². The first-order valence-corrected chi connectivity index (χ1v) is 11.3. The number of nitrogens with one attached hydrogen (secondary N) is 1. The van der Waals surface area contributed by atoms with Gasteiger partial charge in [0, 0.05) is 43.7 Å². The third-order valence-corrected chi connectivity index (χ3v) is 5.43. The van der Waals surface area contributed by atoms with Gasteiger partial charge in [-0.15, -0.1) is 0 Å². The zero-order valence-electron chi connectivity index (χ0n) is 19.1. The number of aromatic nitrogens is 1. The molecule has 0 spiro atoms. The van der Waals surface area contributed by atoms with Crippen molar-refractivity contribution in [2.45, 2.75) is 44.6 Å². The molecule has 3 aromatic rings. The van der Waals surface area contributed by atoms with E-state index in [4.69, 9.17) is 15.4 Å². The Morgan fingerprint density at radius 1 is 0.886 bits per heavy atom. The van der Waals surface area contributed by atoms with Gasteiger partial charge in [-0.05, 0) is 17.5 Å². The second kappa shape index (κ2) is 12.3. The number of aryl methyl sites for hydroxylation is 1. The summed E-state index contributed by atoms with van der Waals surface area (Å²) in [6.45, 7) is 0. The Hall–Kier alpha value is -4.27. The highest BCUT2D eigenvalue weighted by Crippen LogP contribution is 2.25. The summed E-state index contributed by atoms with van der Waals surface area (Å²) in [7, 11) is 0. The predicted molar refractivity (Wildman–Crippen MR) is 128 cm³/mol. The summed E-state index contributed by atoms with van der Waals surface area (Å²) < 4.78 is 5.35. The van der Waals surface area contributed by atoms with E-state index in [0.29, 0.717) is 11.5 Å². The van der Waals surface area contributed by atoms with Gasteiger partial charge in [0.05, 0.1) is 6.04 Å². The lowest BCUT2D eigenvalue weighted by Gasteiger charge is -2.16. The number of amides is 2. The molecule has 182 valence electrons. The molecule has 1 atom stereocenters. The van der Waals surface area contributed by atoms with Gasteiger partial charge >= 0.3 is 5.97 Å². The Kier molecular flexibility index (Phi) is 8.89. The fourth-order valence-electron chi connectivity index (χ4n) is 3.54. The SMILES string of the molecule is NC(=O)CCC(=O)[C@H](CCC(=O)O)NC(=O)CCc1cc(-c2ccc(-c3ccccc3)cc2)no1. The average Bonchev–Trinajstić information content (AvgIpc) is 3.33. The van der Waals surface area contributed by atoms with Crippen LogP contribution >= 0.6 is 0 Å². The van der Waals surface area contributed by atoms with E-state index in [9.17, 15) is 19.2 Å². The number of hydrogen-bond acceptors (Lipinski definition) is 6. The van der Waals surface area contributed by atoms with Crippen molar-refractivity contribution in [3.05, 3.63) is 66.4 Å². The van der Waals surface area contributed by atoms with Gasteiger partial charge in [0.15, 0.2) is 5.78 Å². The molecule has 2 aromatic carbocycles. The van der Waals surface area contributed by atoms with Gasteiger partial charge in [-0.3, -0.25) is 19.2 Å². The van der Waals surface area contributed by atoms with Gasteiger partial charge < -0.3 is 20.7 Å². The minimum atomic E-state index is -1.09. The van der Waals surface area contributed by atoms with Crippen LogP contribution in [0.1, 0.15) is 37.9 Å². The van der Waals surface area contributed by atoms with Crippen LogP contribution in [0.25, 0.3) is 22.4 Å². The van der Waals surface area contributed by atoms with Crippen LogP contribution in [0, 0.1) is 0 Å². The second-order valence-electron chi connectivity index (χ2n) is 8.11. The lowest BCUT2D eigenvalue weighted by atomic mass is 10.0. The number of carboxylic acids is 1. The Balaban J connectivity index is 1.55. The molecular weight excluding hydrogens is 450 g/mol. The number of aliphatic carboxylic acids is 1. The number of rotatable bonds is 13. The summed E-state index contributed by atoms with van der Waals surface area (Å²) in [5, 5.41) is 15.5. The molecule has 0 bridgehead atoms. The number of nitrogens with zero attached hydrogens (tertiary/aromatic N) is 1. The maximum Gasteiger partial charge on any atom is 0.303 e. The van der Waals surface area contributed by atoms with E-state index in [0.717, 1.165) is 16.7 Å². The third-order valence-electron chi connectivity index (χ3n) is 5.43. The molecule has 0 fully saturated rings. The van der Waals surface area contributed by atoms with Crippen LogP contribution in [0.15, 0.2) is 65.2 Å². The van der Waals surface area contributed by atoms with Crippen LogP contribution in [0.2, 0.25) is 0 Å². The Morgan fingerprint density at radius 3 is 2.20 bits per heavy atom. The molecule has 1 aromatic heterocycles. The minimum absolute atomic E-state index is 0.0221. The van der Waals surface area contributed by atoms with E-state index in [2.05, 4.69) is 10.5 Å². The predicted octanol–water partition coefficient (Wildman–Crippen LogP) is 3.13. The topological polar surface area (TPSA) is 153 Å². The van der Waals surface area contributed by atoms with Gasteiger partial charge in [0.2, 0.25) is 11.8 Å². The first kappa shape index (κ1) is 25.4. The van der Waals surface area contributed by atoms with E-state index in [1.54, 1.807) is 6.07 Å². The fourth-order valence-corrected chi connectivity index (χ4v) is 3.54. The van der Waals surface area contributed by atoms with Crippen LogP contribution in [0.3, 0.4) is 0 Å². The largest absolute Gasteiger partial charge is 0.481 e. The van der Waals surface area contributed by atoms with Crippen LogP contribution in [-0.4, -0.2) is 39.9 Å². The first-order chi connectivity index (χ1) is 16.8. The first-order valence-electron chi connectivity index (χ1n) is 11.3. The quantitative estimate of drug-likeness (QED) is 0.342. The molecule has 0 unspecified atom stereocenters. The minimum Gasteiger partial charge on any atom is -0.481 e. The average molecular weight is 478 g/mol. The molecule has 9 heteroatoms. The van der Waals surface area contributed by atoms with Gasteiger partial charge in [0.1, 0.15) is 11.5 Å². The molecule has 2 amide bonds. The van der Waals surface area contributed by atoms with Crippen molar-refractivity contribution in [2.24, 2.45) is 5.73 Å². The van der Waals surface area contributed by atoms with E-state index < -0.39 is 29.6 Å². The molecular formula is C26H27N3O6. The van der Waals surface area contributed by atoms with Crippen molar-refractivity contribution in [2.75, 3.05) is 0 Å². The molecule has 3 rings (SSSR count). The number of Topliss-reactive ketones (excluding diaryl/α,β-unsaturated/α-hetero) is 1. The number of primary amides is 1. The van der Waals surface area contributed by atoms with E-state index in [-0.39, 0.29) is 38.5 Å². The fraction of sp³-hybridized carbons (Fsp3) is 0.269. The van der Waals surface area contributed by atoms with Gasteiger partial charge in [-0.2, -0.15) is 0 Å². The standard InChI is InChI=1S/C26H27N3O6/c27-24(31)13-12-23(30)21(11-15-26(33)34)28-25(32)14-10-20-16-22(29-35-20)19-8-6-18(7-9-19)17-4-2-1-3-5-17/h1-9,16,21H,10-15H2,(H2,27,31)(H,28,32)(H,33,34)/t21-/m0/s1. The number of benzene rings is 2. The highest BCUT2D eigenvalue weighted by Gasteiger charge is 2.22. The number of hydrogen-bond donors (Lipinski definition) is 3. The van der Waals surface area contributed by atoms with E-state index in [1.165, 1.54) is 0 Å². The summed E-state index contributed by atoms with van der Waals surface area (Å²) >= 11 is 0. The number of ketones is 1. The molecule has 4 N–H and O–H groups in total. The van der Waals surface area contributed by atoms with Crippen LogP contribution in [0.5, 0.6) is 0 Å². The molecule has 35 heavy (non-hydrogen) atoms. The lowest BCUT2D eigenvalue weighted by Crippen LogP contribution is -2.41. The Labute approximate surface area is 202 Å². The number of carboxylic acid groups (broad SMARTS) is 1. The van der Waals surface area contributed by atoms with Crippen molar-refractivity contribution < 1.29 is 28.8 Å². The van der Waals surface area contributed by atoms with Gasteiger partial charge in [-0.1, -0.05) is 59.8 Å². The van der Waals surface area contributed by atoms with Crippen LogP contribution < -0.4 is 11.1 Å². The molecule has 0 aliphatic carbocycles. The van der Waals surface area contributed by atoms with Crippen molar-refractivity contribution in [1.29, 1.82) is 0 Å². The smallest absolute Gasteiger partial charge is 0.303 e. The maximum atomic E-state index is 12.4. The summed E-state index contributed by atoms with van der Waals surface area (Å²) in [6.07, 6.45) is -0.401. The summed E-state index contributed by atoms with van der Waals surface area (Å²) in [5.41, 5.74) is 8.77. The molecule has 0 aliphatic heterocycles. The molecule has 0 saturated heterocycles. The van der Waals surface area contributed by atoms with Crippen LogP contribution in [-0.2, 0) is 25.6 Å². The summed E-state index contributed by atoms with van der Waals surface area (Å²) in [5.74, 6) is -2.09. The molecule has 0 aliphatic rings.